The van der Waals surface area contributed by atoms with Gasteiger partial charge in [-0.25, -0.2) is 4.79 Å². The number of nitrogens with zero attached hydrogens (tertiary/aromatic N) is 1. The van der Waals surface area contributed by atoms with Crippen LogP contribution in [0.15, 0.2) is 72.9 Å². The van der Waals surface area contributed by atoms with Gasteiger partial charge in [0.05, 0.1) is 29.4 Å². The summed E-state index contributed by atoms with van der Waals surface area (Å²) in [4.78, 5) is 12.0. The SMILES string of the molecule is COC(=O)c1cc(Cl)ccc1Nc1ccc2c(ccn2-c2cccc(C(F)(F)F)c2)c1. The Labute approximate surface area is 180 Å². The lowest BCUT2D eigenvalue weighted by Crippen LogP contribution is -2.06. The van der Waals surface area contributed by atoms with Crippen LogP contribution in [0.5, 0.6) is 0 Å². The fourth-order valence-corrected chi connectivity index (χ4v) is 3.51. The lowest BCUT2D eigenvalue weighted by molar-refractivity contribution is -0.137. The van der Waals surface area contributed by atoms with Crippen LogP contribution < -0.4 is 5.32 Å². The number of hydrogen-bond acceptors (Lipinski definition) is 3. The van der Waals surface area contributed by atoms with Crippen LogP contribution in [0.25, 0.3) is 16.6 Å². The van der Waals surface area contributed by atoms with E-state index in [1.165, 1.54) is 19.2 Å². The minimum absolute atomic E-state index is 0.289. The van der Waals surface area contributed by atoms with Crippen molar-refractivity contribution in [2.24, 2.45) is 0 Å². The van der Waals surface area contributed by atoms with Gasteiger partial charge in [-0.1, -0.05) is 17.7 Å². The molecular weight excluding hydrogens is 429 g/mol. The van der Waals surface area contributed by atoms with Crippen LogP contribution in [-0.2, 0) is 10.9 Å². The number of nitrogens with one attached hydrogen (secondary N) is 1. The first kappa shape index (κ1) is 20.8. The van der Waals surface area contributed by atoms with Gasteiger partial charge in [0.25, 0.3) is 0 Å². The number of anilines is 2. The van der Waals surface area contributed by atoms with E-state index in [0.717, 1.165) is 23.0 Å². The Bertz CT molecular complexity index is 1280. The largest absolute Gasteiger partial charge is 0.465 e. The number of hydrogen-bond donors (Lipinski definition) is 1. The maximum absolute atomic E-state index is 13.1. The summed E-state index contributed by atoms with van der Waals surface area (Å²) in [7, 11) is 1.29. The van der Waals surface area contributed by atoms with Gasteiger partial charge in [0.15, 0.2) is 0 Å². The number of carbonyl (C=O) groups excluding carboxylic acids is 1. The molecule has 1 aromatic heterocycles. The van der Waals surface area contributed by atoms with E-state index in [4.69, 9.17) is 16.3 Å². The first-order valence-electron chi connectivity index (χ1n) is 9.20. The monoisotopic (exact) mass is 444 g/mol. The smallest absolute Gasteiger partial charge is 0.416 e. The van der Waals surface area contributed by atoms with E-state index in [1.807, 2.05) is 12.1 Å². The number of benzene rings is 3. The average molecular weight is 445 g/mol. The van der Waals surface area contributed by atoms with Crippen LogP contribution in [0.1, 0.15) is 15.9 Å². The van der Waals surface area contributed by atoms with E-state index in [9.17, 15) is 18.0 Å². The van der Waals surface area contributed by atoms with Crippen molar-refractivity contribution in [2.45, 2.75) is 6.18 Å². The lowest BCUT2D eigenvalue weighted by atomic mass is 10.1. The Hall–Kier alpha value is -3.45. The van der Waals surface area contributed by atoms with E-state index in [-0.39, 0.29) is 5.56 Å². The molecule has 0 aliphatic carbocycles. The predicted molar refractivity (Wildman–Crippen MR) is 114 cm³/mol. The summed E-state index contributed by atoms with van der Waals surface area (Å²) < 4.78 is 45.7. The summed E-state index contributed by atoms with van der Waals surface area (Å²) in [6, 6.07) is 17.2. The second-order valence-corrected chi connectivity index (χ2v) is 7.25. The first-order valence-corrected chi connectivity index (χ1v) is 9.58. The number of aromatic nitrogens is 1. The fourth-order valence-electron chi connectivity index (χ4n) is 3.34. The Kier molecular flexibility index (Phi) is 5.37. The second-order valence-electron chi connectivity index (χ2n) is 6.81. The Morgan fingerprint density at radius 1 is 1.03 bits per heavy atom. The molecule has 4 nitrogen and oxygen atoms in total. The summed E-state index contributed by atoms with van der Waals surface area (Å²) in [5.41, 5.74) is 1.96. The van der Waals surface area contributed by atoms with E-state index < -0.39 is 17.7 Å². The highest BCUT2D eigenvalue weighted by Crippen LogP contribution is 2.32. The normalized spacial score (nSPS) is 11.5. The molecule has 31 heavy (non-hydrogen) atoms. The molecule has 0 aliphatic heterocycles. The zero-order chi connectivity index (χ0) is 22.2. The predicted octanol–water partition coefficient (Wildman–Crippen LogP) is 6.83. The van der Waals surface area contributed by atoms with Gasteiger partial charge in [0, 0.05) is 28.0 Å². The zero-order valence-corrected chi connectivity index (χ0v) is 17.0. The molecule has 0 aliphatic rings. The molecule has 0 unspecified atom stereocenters. The molecule has 8 heteroatoms. The molecule has 0 saturated heterocycles. The van der Waals surface area contributed by atoms with Gasteiger partial charge < -0.3 is 14.6 Å². The van der Waals surface area contributed by atoms with Gasteiger partial charge in [0.2, 0.25) is 0 Å². The molecule has 0 radical (unpaired) electrons. The number of methoxy groups -OCH3 is 1. The van der Waals surface area contributed by atoms with Gasteiger partial charge in [-0.05, 0) is 60.7 Å². The van der Waals surface area contributed by atoms with E-state index >= 15 is 0 Å². The number of rotatable bonds is 4. The summed E-state index contributed by atoms with van der Waals surface area (Å²) >= 11 is 5.99. The van der Waals surface area contributed by atoms with Crippen LogP contribution in [0.3, 0.4) is 0 Å². The maximum atomic E-state index is 13.1. The minimum atomic E-state index is -4.41. The average Bonchev–Trinajstić information content (AvgIpc) is 3.17. The molecule has 0 atom stereocenters. The van der Waals surface area contributed by atoms with Crippen LogP contribution >= 0.6 is 11.6 Å². The van der Waals surface area contributed by atoms with Crippen molar-refractivity contribution >= 4 is 39.8 Å². The van der Waals surface area contributed by atoms with Gasteiger partial charge in [-0.2, -0.15) is 13.2 Å². The van der Waals surface area contributed by atoms with Gasteiger partial charge in [-0.3, -0.25) is 0 Å². The fraction of sp³-hybridized carbons (Fsp3) is 0.0870. The second kappa shape index (κ2) is 8.00. The standard InChI is InChI=1S/C23H16ClF3N2O2/c1-31-22(30)19-13-16(24)5-7-20(19)28-17-6-8-21-14(11-17)9-10-29(21)18-4-2-3-15(12-18)23(25,26)27/h2-13,28H,1H3. The molecule has 0 saturated carbocycles. The molecule has 4 aromatic rings. The van der Waals surface area contributed by atoms with E-state index in [1.54, 1.807) is 41.1 Å². The number of ether oxygens (including phenoxy) is 1. The lowest BCUT2D eigenvalue weighted by Gasteiger charge is -2.13. The molecule has 4 rings (SSSR count). The van der Waals surface area contributed by atoms with Crippen molar-refractivity contribution in [1.82, 2.24) is 4.57 Å². The molecule has 3 aromatic carbocycles. The highest BCUT2D eigenvalue weighted by Gasteiger charge is 2.30. The summed E-state index contributed by atoms with van der Waals surface area (Å²) in [6.07, 6.45) is -2.70. The molecule has 158 valence electrons. The quantitative estimate of drug-likeness (QED) is 0.351. The summed E-state index contributed by atoms with van der Waals surface area (Å²) in [5.74, 6) is -0.526. The molecule has 0 amide bonds. The minimum Gasteiger partial charge on any atom is -0.465 e. The van der Waals surface area contributed by atoms with E-state index in [2.05, 4.69) is 5.32 Å². The van der Waals surface area contributed by atoms with E-state index in [0.29, 0.717) is 22.1 Å². The highest BCUT2D eigenvalue weighted by atomic mass is 35.5. The Morgan fingerprint density at radius 3 is 2.58 bits per heavy atom. The van der Waals surface area contributed by atoms with Crippen LogP contribution in [0.2, 0.25) is 5.02 Å². The van der Waals surface area contributed by atoms with Crippen molar-refractivity contribution in [3.63, 3.8) is 0 Å². The zero-order valence-electron chi connectivity index (χ0n) is 16.2. The molecule has 1 heterocycles. The van der Waals surface area contributed by atoms with Crippen molar-refractivity contribution in [1.29, 1.82) is 0 Å². The molecule has 0 spiro atoms. The van der Waals surface area contributed by atoms with Crippen molar-refractivity contribution < 1.29 is 22.7 Å². The number of fused-ring (bicyclic) bond motifs is 1. The first-order chi connectivity index (χ1) is 14.8. The number of carbonyl (C=O) groups is 1. The molecule has 1 N–H and O–H groups in total. The van der Waals surface area contributed by atoms with Crippen LogP contribution in [0.4, 0.5) is 24.5 Å². The summed E-state index contributed by atoms with van der Waals surface area (Å²) in [6.45, 7) is 0. The topological polar surface area (TPSA) is 43.3 Å². The third-order valence-corrected chi connectivity index (χ3v) is 5.04. The summed E-state index contributed by atoms with van der Waals surface area (Å²) in [5, 5.41) is 4.39. The number of esters is 1. The number of halogens is 4. The highest BCUT2D eigenvalue weighted by molar-refractivity contribution is 6.31. The third kappa shape index (κ3) is 4.22. The van der Waals surface area contributed by atoms with Crippen LogP contribution in [0, 0.1) is 0 Å². The molecule has 0 bridgehead atoms. The number of alkyl halides is 3. The molecule has 0 fully saturated rings. The maximum Gasteiger partial charge on any atom is 0.416 e. The Morgan fingerprint density at radius 2 is 1.84 bits per heavy atom. The van der Waals surface area contributed by atoms with Crippen LogP contribution in [-0.4, -0.2) is 17.6 Å². The Balaban J connectivity index is 1.69. The van der Waals surface area contributed by atoms with Crippen molar-refractivity contribution in [3.05, 3.63) is 89.1 Å². The molecular formula is C23H16ClF3N2O2. The van der Waals surface area contributed by atoms with Crippen molar-refractivity contribution in [2.75, 3.05) is 12.4 Å². The van der Waals surface area contributed by atoms with Gasteiger partial charge in [-0.15, -0.1) is 0 Å². The third-order valence-electron chi connectivity index (χ3n) is 4.81. The van der Waals surface area contributed by atoms with Gasteiger partial charge in [0.1, 0.15) is 0 Å². The van der Waals surface area contributed by atoms with Gasteiger partial charge >= 0.3 is 12.1 Å². The van der Waals surface area contributed by atoms with Crippen molar-refractivity contribution in [3.8, 4) is 5.69 Å².